The molecule has 8 heteroatoms. The molecule has 1 aromatic heterocycles. The molecule has 22 heavy (non-hydrogen) atoms. The van der Waals surface area contributed by atoms with Crippen molar-refractivity contribution in [2.45, 2.75) is 24.4 Å². The van der Waals surface area contributed by atoms with E-state index >= 15 is 0 Å². The number of carbonyl (C=O) groups is 1. The van der Waals surface area contributed by atoms with E-state index in [2.05, 4.69) is 5.10 Å². The maximum absolute atomic E-state index is 12.4. The molecule has 1 aromatic carbocycles. The Morgan fingerprint density at radius 1 is 1.36 bits per heavy atom. The predicted molar refractivity (Wildman–Crippen MR) is 79.8 cm³/mol. The van der Waals surface area contributed by atoms with Crippen LogP contribution in [-0.2, 0) is 21.4 Å². The average molecular weight is 323 g/mol. The second-order valence-corrected chi connectivity index (χ2v) is 6.89. The van der Waals surface area contributed by atoms with Gasteiger partial charge in [-0.05, 0) is 12.5 Å². The van der Waals surface area contributed by atoms with Gasteiger partial charge in [0.05, 0.1) is 12.7 Å². The number of carboxylic acids is 1. The van der Waals surface area contributed by atoms with Gasteiger partial charge in [-0.25, -0.2) is 8.42 Å². The van der Waals surface area contributed by atoms with E-state index in [9.17, 15) is 13.2 Å². The summed E-state index contributed by atoms with van der Waals surface area (Å²) in [6.45, 7) is 1.75. The van der Waals surface area contributed by atoms with Crippen LogP contribution in [0, 0.1) is 0 Å². The van der Waals surface area contributed by atoms with Gasteiger partial charge in [0.2, 0.25) is 10.0 Å². The third-order valence-electron chi connectivity index (χ3n) is 3.38. The molecule has 7 nitrogen and oxygen atoms in total. The van der Waals surface area contributed by atoms with E-state index in [0.717, 1.165) is 9.87 Å². The van der Waals surface area contributed by atoms with Gasteiger partial charge >= 0.3 is 5.97 Å². The number of rotatable bonds is 6. The zero-order chi connectivity index (χ0) is 16.3. The minimum absolute atomic E-state index is 0.0287. The van der Waals surface area contributed by atoms with Crippen LogP contribution in [0.4, 0.5) is 0 Å². The number of nitrogens with zero attached hydrogens (tertiary/aromatic N) is 3. The molecular formula is C14H17N3O4S. The molecule has 1 heterocycles. The van der Waals surface area contributed by atoms with Crippen LogP contribution in [0.15, 0.2) is 47.6 Å². The molecule has 0 saturated heterocycles. The number of hydrogen-bond acceptors (Lipinski definition) is 4. The predicted octanol–water partition coefficient (Wildman–Crippen LogP) is 1.02. The van der Waals surface area contributed by atoms with Crippen LogP contribution in [0.5, 0.6) is 0 Å². The molecule has 0 aliphatic heterocycles. The van der Waals surface area contributed by atoms with Gasteiger partial charge in [0.25, 0.3) is 0 Å². The van der Waals surface area contributed by atoms with E-state index in [1.807, 2.05) is 30.3 Å². The highest BCUT2D eigenvalue weighted by molar-refractivity contribution is 7.89. The molecule has 0 spiro atoms. The Kier molecular flexibility index (Phi) is 4.62. The van der Waals surface area contributed by atoms with Crippen LogP contribution in [0.1, 0.15) is 12.5 Å². The highest BCUT2D eigenvalue weighted by Crippen LogP contribution is 2.16. The van der Waals surface area contributed by atoms with Gasteiger partial charge in [-0.1, -0.05) is 30.3 Å². The molecule has 0 radical (unpaired) electrons. The molecular weight excluding hydrogens is 306 g/mol. The van der Waals surface area contributed by atoms with Crippen LogP contribution in [0.2, 0.25) is 0 Å². The minimum atomic E-state index is -3.89. The number of hydrogen-bond donors (Lipinski definition) is 1. The van der Waals surface area contributed by atoms with Gasteiger partial charge in [0.15, 0.2) is 0 Å². The maximum Gasteiger partial charge on any atom is 0.321 e. The van der Waals surface area contributed by atoms with Gasteiger partial charge < -0.3 is 5.11 Å². The second-order valence-electron chi connectivity index (χ2n) is 4.89. The summed E-state index contributed by atoms with van der Waals surface area (Å²) < 4.78 is 27.0. The Labute approximate surface area is 128 Å². The normalized spacial score (nSPS) is 13.2. The smallest absolute Gasteiger partial charge is 0.321 e. The lowest BCUT2D eigenvalue weighted by molar-refractivity contribution is -0.140. The van der Waals surface area contributed by atoms with Gasteiger partial charge in [0.1, 0.15) is 10.9 Å². The van der Waals surface area contributed by atoms with Crippen molar-refractivity contribution in [1.29, 1.82) is 0 Å². The van der Waals surface area contributed by atoms with E-state index in [-0.39, 0.29) is 4.90 Å². The second kappa shape index (κ2) is 6.29. The molecule has 118 valence electrons. The summed E-state index contributed by atoms with van der Waals surface area (Å²) in [5.41, 5.74) is 0.988. The van der Waals surface area contributed by atoms with Gasteiger partial charge in [-0.2, -0.15) is 9.40 Å². The summed E-state index contributed by atoms with van der Waals surface area (Å²) in [6, 6.07) is 8.34. The molecule has 2 rings (SSSR count). The van der Waals surface area contributed by atoms with Crippen molar-refractivity contribution in [3.8, 4) is 0 Å². The van der Waals surface area contributed by atoms with Crippen LogP contribution in [0.25, 0.3) is 0 Å². The Balaban J connectivity index is 2.21. The quantitative estimate of drug-likeness (QED) is 0.857. The number of aromatic nitrogens is 2. The first-order valence-corrected chi connectivity index (χ1v) is 8.03. The molecule has 0 amide bonds. The van der Waals surface area contributed by atoms with E-state index in [0.29, 0.717) is 6.54 Å². The Hall–Kier alpha value is -2.19. The lowest BCUT2D eigenvalue weighted by atomic mass is 10.2. The molecule has 0 saturated carbocycles. The number of benzene rings is 1. The lowest BCUT2D eigenvalue weighted by Crippen LogP contribution is -2.40. The highest BCUT2D eigenvalue weighted by atomic mass is 32.2. The zero-order valence-corrected chi connectivity index (χ0v) is 13.1. The van der Waals surface area contributed by atoms with Gasteiger partial charge in [-0.3, -0.25) is 9.48 Å². The van der Waals surface area contributed by atoms with Crippen LogP contribution in [0.3, 0.4) is 0 Å². The van der Waals surface area contributed by atoms with E-state index in [1.165, 1.54) is 31.0 Å². The summed E-state index contributed by atoms with van der Waals surface area (Å²) in [6.07, 6.45) is 2.62. The highest BCUT2D eigenvalue weighted by Gasteiger charge is 2.30. The molecule has 0 fully saturated rings. The fourth-order valence-corrected chi connectivity index (χ4v) is 3.14. The third kappa shape index (κ3) is 3.34. The summed E-state index contributed by atoms with van der Waals surface area (Å²) in [5.74, 6) is -1.21. The van der Waals surface area contributed by atoms with E-state index < -0.39 is 22.0 Å². The van der Waals surface area contributed by atoms with Crippen molar-refractivity contribution in [3.05, 3.63) is 48.3 Å². The van der Waals surface area contributed by atoms with Crippen molar-refractivity contribution in [2.75, 3.05) is 7.05 Å². The van der Waals surface area contributed by atoms with E-state index in [4.69, 9.17) is 5.11 Å². The van der Waals surface area contributed by atoms with Crippen LogP contribution < -0.4 is 0 Å². The van der Waals surface area contributed by atoms with Crippen molar-refractivity contribution in [3.63, 3.8) is 0 Å². The van der Waals surface area contributed by atoms with Crippen LogP contribution in [-0.4, -0.2) is 46.7 Å². The topological polar surface area (TPSA) is 92.5 Å². The molecule has 0 bridgehead atoms. The standard InChI is InChI=1S/C14H17N3O4S/c1-11(14(18)19)16(2)22(20,21)13-8-15-17(10-13)9-12-6-4-3-5-7-12/h3-8,10-11H,9H2,1-2H3,(H,18,19). The zero-order valence-electron chi connectivity index (χ0n) is 12.2. The molecule has 0 aliphatic carbocycles. The first-order valence-electron chi connectivity index (χ1n) is 6.59. The molecule has 2 aromatic rings. The summed E-state index contributed by atoms with van der Waals surface area (Å²) in [5, 5.41) is 13.0. The van der Waals surface area contributed by atoms with Crippen LogP contribution >= 0.6 is 0 Å². The van der Waals surface area contributed by atoms with E-state index in [1.54, 1.807) is 0 Å². The lowest BCUT2D eigenvalue weighted by Gasteiger charge is -2.19. The maximum atomic E-state index is 12.4. The molecule has 0 aliphatic rings. The molecule has 1 unspecified atom stereocenters. The molecule has 1 N–H and O–H groups in total. The number of carboxylic acid groups (broad SMARTS) is 1. The first-order chi connectivity index (χ1) is 10.3. The van der Waals surface area contributed by atoms with Gasteiger partial charge in [-0.15, -0.1) is 0 Å². The summed E-state index contributed by atoms with van der Waals surface area (Å²) in [4.78, 5) is 10.9. The minimum Gasteiger partial charge on any atom is -0.480 e. The Bertz CT molecular complexity index is 755. The first kappa shape index (κ1) is 16.2. The van der Waals surface area contributed by atoms with Crippen molar-refractivity contribution < 1.29 is 18.3 Å². The van der Waals surface area contributed by atoms with Crippen molar-refractivity contribution >= 4 is 16.0 Å². The molecule has 1 atom stereocenters. The summed E-state index contributed by atoms with van der Waals surface area (Å²) >= 11 is 0. The fraction of sp³-hybridized carbons (Fsp3) is 0.286. The SMILES string of the molecule is CC(C(=O)O)N(C)S(=O)(=O)c1cnn(Cc2ccccc2)c1. The van der Waals surface area contributed by atoms with Crippen molar-refractivity contribution in [2.24, 2.45) is 0 Å². The number of aliphatic carboxylic acids is 1. The number of likely N-dealkylation sites (N-methyl/N-ethyl adjacent to an activating group) is 1. The Morgan fingerprint density at radius 3 is 2.59 bits per heavy atom. The monoisotopic (exact) mass is 323 g/mol. The largest absolute Gasteiger partial charge is 0.480 e. The summed E-state index contributed by atoms with van der Waals surface area (Å²) in [7, 11) is -2.65. The Morgan fingerprint density at radius 2 is 2.00 bits per heavy atom. The average Bonchev–Trinajstić information content (AvgIpc) is 2.95. The van der Waals surface area contributed by atoms with Gasteiger partial charge in [0, 0.05) is 13.2 Å². The third-order valence-corrected chi connectivity index (χ3v) is 5.26. The fourth-order valence-electron chi connectivity index (χ4n) is 1.86. The van der Waals surface area contributed by atoms with Crippen molar-refractivity contribution in [1.82, 2.24) is 14.1 Å². The number of sulfonamides is 1.